The number of benzene rings is 1. The van der Waals surface area contributed by atoms with Crippen LogP contribution in [0.5, 0.6) is 0 Å². The van der Waals surface area contributed by atoms with Crippen LogP contribution in [0.4, 0.5) is 0 Å². The van der Waals surface area contributed by atoms with Gasteiger partial charge in [0.15, 0.2) is 9.84 Å². The largest absolute Gasteiger partial charge is 0.341 e. The third-order valence-corrected chi connectivity index (χ3v) is 8.67. The molecule has 4 rings (SSSR count). The van der Waals surface area contributed by atoms with Crippen molar-refractivity contribution in [1.82, 2.24) is 9.88 Å². The zero-order valence-electron chi connectivity index (χ0n) is 15.4. The first-order chi connectivity index (χ1) is 13.4. The van der Waals surface area contributed by atoms with Crippen molar-refractivity contribution in [2.45, 2.75) is 18.9 Å². The molecule has 1 amide bonds. The van der Waals surface area contributed by atoms with E-state index in [0.29, 0.717) is 6.42 Å². The quantitative estimate of drug-likeness (QED) is 0.616. The Kier molecular flexibility index (Phi) is 5.35. The Bertz CT molecular complexity index is 1070. The summed E-state index contributed by atoms with van der Waals surface area (Å²) < 4.78 is 23.5. The van der Waals surface area contributed by atoms with Gasteiger partial charge >= 0.3 is 0 Å². The minimum atomic E-state index is -3.02. The lowest BCUT2D eigenvalue weighted by Crippen LogP contribution is -2.38. The van der Waals surface area contributed by atoms with Crippen molar-refractivity contribution in [2.75, 3.05) is 18.6 Å². The number of thiophene rings is 1. The Labute approximate surface area is 172 Å². The fraction of sp³-hybridized carbons (Fsp3) is 0.300. The van der Waals surface area contributed by atoms with E-state index in [1.54, 1.807) is 23.3 Å². The molecule has 0 radical (unpaired) electrons. The highest BCUT2D eigenvalue weighted by atomic mass is 32.2. The number of nitrogens with zero attached hydrogens (tertiary/aromatic N) is 2. The van der Waals surface area contributed by atoms with E-state index >= 15 is 0 Å². The molecule has 1 unspecified atom stereocenters. The SMILES string of the molecule is CN(C(=O)Cc1sc(-c2ccccc2)nc1-c1cccs1)C1CCS(=O)(=O)C1. The minimum absolute atomic E-state index is 0.0605. The lowest BCUT2D eigenvalue weighted by molar-refractivity contribution is -0.130. The predicted octanol–water partition coefficient (Wildman–Crippen LogP) is 3.73. The maximum atomic E-state index is 12.9. The second kappa shape index (κ2) is 7.77. The van der Waals surface area contributed by atoms with Crippen LogP contribution in [0.1, 0.15) is 11.3 Å². The van der Waals surface area contributed by atoms with E-state index in [4.69, 9.17) is 4.98 Å². The van der Waals surface area contributed by atoms with Gasteiger partial charge in [-0.05, 0) is 17.9 Å². The normalized spacial score (nSPS) is 18.2. The molecule has 0 N–H and O–H groups in total. The Morgan fingerprint density at radius 1 is 1.21 bits per heavy atom. The molecular formula is C20H20N2O3S3. The first kappa shape index (κ1) is 19.3. The van der Waals surface area contributed by atoms with Crippen molar-refractivity contribution in [3.05, 3.63) is 52.7 Å². The Morgan fingerprint density at radius 2 is 2.00 bits per heavy atom. The van der Waals surface area contributed by atoms with Crippen molar-refractivity contribution in [3.63, 3.8) is 0 Å². The van der Waals surface area contributed by atoms with E-state index in [0.717, 1.165) is 26.0 Å². The maximum Gasteiger partial charge on any atom is 0.227 e. The van der Waals surface area contributed by atoms with Crippen LogP contribution in [-0.4, -0.2) is 48.8 Å². The zero-order chi connectivity index (χ0) is 19.7. The van der Waals surface area contributed by atoms with E-state index in [9.17, 15) is 13.2 Å². The lowest BCUT2D eigenvalue weighted by atomic mass is 10.2. The van der Waals surface area contributed by atoms with Crippen molar-refractivity contribution < 1.29 is 13.2 Å². The highest BCUT2D eigenvalue weighted by Gasteiger charge is 2.33. The fourth-order valence-corrected chi connectivity index (χ4v) is 6.98. The Morgan fingerprint density at radius 3 is 2.64 bits per heavy atom. The molecule has 0 aliphatic carbocycles. The van der Waals surface area contributed by atoms with Crippen LogP contribution in [0.3, 0.4) is 0 Å². The molecule has 0 bridgehead atoms. The number of carbonyl (C=O) groups excluding carboxylic acids is 1. The maximum absolute atomic E-state index is 12.9. The van der Waals surface area contributed by atoms with Crippen molar-refractivity contribution in [2.24, 2.45) is 0 Å². The summed E-state index contributed by atoms with van der Waals surface area (Å²) in [5, 5.41) is 2.88. The number of thiazole rings is 1. The molecule has 5 nitrogen and oxygen atoms in total. The monoisotopic (exact) mass is 432 g/mol. The van der Waals surface area contributed by atoms with Gasteiger partial charge in [-0.2, -0.15) is 0 Å². The molecule has 1 aliphatic heterocycles. The Balaban J connectivity index is 1.61. The van der Waals surface area contributed by atoms with Gasteiger partial charge in [0.05, 0.1) is 28.5 Å². The molecule has 1 saturated heterocycles. The number of sulfone groups is 1. The molecule has 1 aromatic carbocycles. The van der Waals surface area contributed by atoms with Gasteiger partial charge in [0, 0.05) is 23.5 Å². The van der Waals surface area contributed by atoms with E-state index in [1.165, 1.54) is 11.3 Å². The number of aromatic nitrogens is 1. The van der Waals surface area contributed by atoms with Gasteiger partial charge in [0.1, 0.15) is 5.01 Å². The molecule has 2 aromatic heterocycles. The summed E-state index contributed by atoms with van der Waals surface area (Å²) in [6.45, 7) is 0. The van der Waals surface area contributed by atoms with Crippen LogP contribution >= 0.6 is 22.7 Å². The third-order valence-electron chi connectivity index (χ3n) is 4.93. The van der Waals surface area contributed by atoms with Crippen LogP contribution in [-0.2, 0) is 21.1 Å². The van der Waals surface area contributed by atoms with E-state index in [2.05, 4.69) is 0 Å². The summed E-state index contributed by atoms with van der Waals surface area (Å²) in [6, 6.07) is 13.7. The minimum Gasteiger partial charge on any atom is -0.341 e. The Hall–Kier alpha value is -2.03. The van der Waals surface area contributed by atoms with Gasteiger partial charge in [0.2, 0.25) is 5.91 Å². The number of carbonyl (C=O) groups is 1. The lowest BCUT2D eigenvalue weighted by Gasteiger charge is -2.23. The van der Waals surface area contributed by atoms with E-state index < -0.39 is 9.84 Å². The summed E-state index contributed by atoms with van der Waals surface area (Å²) in [5.41, 5.74) is 1.87. The molecule has 1 atom stereocenters. The molecular weight excluding hydrogens is 412 g/mol. The van der Waals surface area contributed by atoms with Gasteiger partial charge < -0.3 is 4.90 Å². The standard InChI is InChI=1S/C20H20N2O3S3/c1-22(15-9-11-28(24,25)13-15)18(23)12-17-19(16-8-5-10-26-16)21-20(27-17)14-6-3-2-4-7-14/h2-8,10,15H,9,11-13H2,1H3. The number of amides is 1. The summed E-state index contributed by atoms with van der Waals surface area (Å²) in [4.78, 5) is 21.3. The average molecular weight is 433 g/mol. The van der Waals surface area contributed by atoms with E-state index in [1.807, 2.05) is 47.8 Å². The van der Waals surface area contributed by atoms with Crippen LogP contribution in [0, 0.1) is 0 Å². The second-order valence-corrected chi connectivity index (χ2v) is 11.1. The molecule has 8 heteroatoms. The molecule has 3 heterocycles. The van der Waals surface area contributed by atoms with Crippen LogP contribution in [0.25, 0.3) is 21.1 Å². The van der Waals surface area contributed by atoms with Crippen LogP contribution in [0.2, 0.25) is 0 Å². The summed E-state index contributed by atoms with van der Waals surface area (Å²) >= 11 is 3.13. The fourth-order valence-electron chi connectivity index (χ4n) is 3.33. The zero-order valence-corrected chi connectivity index (χ0v) is 17.8. The molecule has 1 fully saturated rings. The molecule has 146 valence electrons. The molecule has 3 aromatic rings. The highest BCUT2D eigenvalue weighted by molar-refractivity contribution is 7.91. The van der Waals surface area contributed by atoms with Crippen LogP contribution in [0.15, 0.2) is 47.8 Å². The predicted molar refractivity (Wildman–Crippen MR) is 114 cm³/mol. The van der Waals surface area contributed by atoms with Gasteiger partial charge in [0.25, 0.3) is 0 Å². The third kappa shape index (κ3) is 4.04. The van der Waals surface area contributed by atoms with Crippen molar-refractivity contribution >= 4 is 38.4 Å². The number of likely N-dealkylation sites (N-methyl/N-ethyl adjacent to an activating group) is 1. The van der Waals surface area contributed by atoms with Crippen molar-refractivity contribution in [1.29, 1.82) is 0 Å². The number of hydrogen-bond donors (Lipinski definition) is 0. The molecule has 28 heavy (non-hydrogen) atoms. The van der Waals surface area contributed by atoms with Crippen molar-refractivity contribution in [3.8, 4) is 21.1 Å². The number of rotatable bonds is 5. The first-order valence-corrected chi connectivity index (χ1v) is 12.5. The van der Waals surface area contributed by atoms with Gasteiger partial charge in [-0.1, -0.05) is 36.4 Å². The highest BCUT2D eigenvalue weighted by Crippen LogP contribution is 2.36. The van der Waals surface area contributed by atoms with Gasteiger partial charge in [-0.15, -0.1) is 22.7 Å². The second-order valence-electron chi connectivity index (χ2n) is 6.87. The first-order valence-electron chi connectivity index (χ1n) is 8.98. The van der Waals surface area contributed by atoms with Gasteiger partial charge in [-0.25, -0.2) is 13.4 Å². The topological polar surface area (TPSA) is 67.3 Å². The molecule has 0 saturated carbocycles. The average Bonchev–Trinajstić information content (AvgIpc) is 3.41. The summed E-state index contributed by atoms with van der Waals surface area (Å²) in [5.74, 6) is 0.155. The smallest absolute Gasteiger partial charge is 0.227 e. The molecule has 0 spiro atoms. The number of hydrogen-bond acceptors (Lipinski definition) is 6. The van der Waals surface area contributed by atoms with Gasteiger partial charge in [-0.3, -0.25) is 4.79 Å². The van der Waals surface area contributed by atoms with Crippen LogP contribution < -0.4 is 0 Å². The summed E-state index contributed by atoms with van der Waals surface area (Å²) in [6.07, 6.45) is 0.741. The molecule has 1 aliphatic rings. The van der Waals surface area contributed by atoms with E-state index in [-0.39, 0.29) is 29.9 Å². The summed E-state index contributed by atoms with van der Waals surface area (Å²) in [7, 11) is -1.32.